The molecule has 1 N–H and O–H groups in total. The van der Waals surface area contributed by atoms with Gasteiger partial charge in [-0.3, -0.25) is 14.5 Å². The minimum absolute atomic E-state index is 0.0497. The first-order valence-corrected chi connectivity index (χ1v) is 13.3. The van der Waals surface area contributed by atoms with Crippen LogP contribution in [0.15, 0.2) is 48.5 Å². The molecule has 7 nitrogen and oxygen atoms in total. The topological polar surface area (TPSA) is 70.5 Å². The van der Waals surface area contributed by atoms with E-state index in [2.05, 4.69) is 19.8 Å². The van der Waals surface area contributed by atoms with Gasteiger partial charge in [-0.1, -0.05) is 36.4 Å². The van der Waals surface area contributed by atoms with Crippen LogP contribution in [0.4, 0.5) is 4.39 Å². The van der Waals surface area contributed by atoms with E-state index in [1.807, 2.05) is 43.3 Å². The van der Waals surface area contributed by atoms with Gasteiger partial charge in [-0.15, -0.1) is 0 Å². The van der Waals surface area contributed by atoms with Crippen LogP contribution in [0.2, 0.25) is 0 Å². The molecular weight excluding hydrogens is 469 g/mol. The quantitative estimate of drug-likeness (QED) is 0.493. The molecule has 3 heterocycles. The zero-order chi connectivity index (χ0) is 26.1. The van der Waals surface area contributed by atoms with Crippen LogP contribution in [-0.4, -0.2) is 63.4 Å². The Hall–Kier alpha value is -3.26. The number of hydrogen-bond donors (Lipinski definition) is 1. The molecule has 2 aliphatic heterocycles. The van der Waals surface area contributed by atoms with Crippen molar-refractivity contribution in [2.75, 3.05) is 20.1 Å². The Morgan fingerprint density at radius 3 is 2.46 bits per heavy atom. The number of aromatic nitrogens is 2. The molecule has 37 heavy (non-hydrogen) atoms. The van der Waals surface area contributed by atoms with Gasteiger partial charge in [0, 0.05) is 38.6 Å². The molecule has 196 valence electrons. The first kappa shape index (κ1) is 25.4. The smallest absolute Gasteiger partial charge is 0.240 e. The van der Waals surface area contributed by atoms with E-state index in [0.29, 0.717) is 23.6 Å². The van der Waals surface area contributed by atoms with Crippen molar-refractivity contribution in [3.63, 3.8) is 0 Å². The second kappa shape index (κ2) is 10.6. The maximum Gasteiger partial charge on any atom is 0.240 e. The maximum absolute atomic E-state index is 14.4. The highest BCUT2D eigenvalue weighted by Gasteiger charge is 2.42. The van der Waals surface area contributed by atoms with Crippen molar-refractivity contribution in [1.82, 2.24) is 24.7 Å². The van der Waals surface area contributed by atoms with Gasteiger partial charge >= 0.3 is 0 Å². The SMILES string of the molecule is CC(=O)N(C)CC(=O)N[C@@H](CCN1[C@@H]2CC[C@H]1CC(n1c(C)nc3c(F)cccc31)C2)c1ccccc1. The fourth-order valence-electron chi connectivity index (χ4n) is 6.33. The maximum atomic E-state index is 14.4. The number of benzene rings is 2. The van der Waals surface area contributed by atoms with E-state index in [4.69, 9.17) is 0 Å². The number of piperidine rings is 1. The highest BCUT2D eigenvalue weighted by molar-refractivity contribution is 5.83. The molecule has 0 spiro atoms. The second-order valence-corrected chi connectivity index (χ2v) is 10.6. The summed E-state index contributed by atoms with van der Waals surface area (Å²) in [5, 5.41) is 3.17. The number of nitrogens with zero attached hydrogens (tertiary/aromatic N) is 4. The van der Waals surface area contributed by atoms with E-state index in [9.17, 15) is 14.0 Å². The van der Waals surface area contributed by atoms with Gasteiger partial charge in [-0.25, -0.2) is 9.37 Å². The average Bonchev–Trinajstić information content (AvgIpc) is 3.34. The summed E-state index contributed by atoms with van der Waals surface area (Å²) >= 11 is 0. The number of rotatable bonds is 8. The van der Waals surface area contributed by atoms with Gasteiger partial charge in [-0.2, -0.15) is 0 Å². The Bertz CT molecular complexity index is 1260. The minimum Gasteiger partial charge on any atom is -0.348 e. The summed E-state index contributed by atoms with van der Waals surface area (Å²) in [4.78, 5) is 32.9. The standard InChI is InChI=1S/C29H36FN5O2/c1-19-31-29-25(30)10-7-11-27(29)35(19)24-16-22-12-13-23(17-24)34(22)15-14-26(21-8-5-4-6-9-21)32-28(37)18-33(3)20(2)36/h4-11,22-24,26H,12-18H2,1-3H3,(H,32,37)/t22-,23+,24?,26-/m0/s1. The lowest BCUT2D eigenvalue weighted by Gasteiger charge is -2.40. The van der Waals surface area contributed by atoms with Crippen molar-refractivity contribution < 1.29 is 14.0 Å². The van der Waals surface area contributed by atoms with E-state index in [0.717, 1.165) is 55.6 Å². The predicted octanol–water partition coefficient (Wildman–Crippen LogP) is 4.38. The summed E-state index contributed by atoms with van der Waals surface area (Å²) in [7, 11) is 1.64. The van der Waals surface area contributed by atoms with Gasteiger partial charge in [0.25, 0.3) is 0 Å². The molecule has 2 bridgehead atoms. The molecule has 3 aromatic rings. The molecule has 1 aromatic heterocycles. The van der Waals surface area contributed by atoms with Crippen molar-refractivity contribution in [3.05, 3.63) is 65.7 Å². The Balaban J connectivity index is 1.28. The fourth-order valence-corrected chi connectivity index (χ4v) is 6.33. The molecule has 2 aliphatic rings. The third-order valence-electron chi connectivity index (χ3n) is 8.20. The molecule has 8 heteroatoms. The number of carbonyl (C=O) groups is 2. The zero-order valence-electron chi connectivity index (χ0n) is 21.9. The van der Waals surface area contributed by atoms with Crippen LogP contribution in [0.1, 0.15) is 62.5 Å². The van der Waals surface area contributed by atoms with Crippen molar-refractivity contribution in [2.24, 2.45) is 0 Å². The Kier molecular flexibility index (Phi) is 7.29. The van der Waals surface area contributed by atoms with Crippen LogP contribution in [0, 0.1) is 12.7 Å². The number of aryl methyl sites for hydroxylation is 1. The van der Waals surface area contributed by atoms with E-state index in [1.54, 1.807) is 13.1 Å². The van der Waals surface area contributed by atoms with Crippen LogP contribution >= 0.6 is 0 Å². The van der Waals surface area contributed by atoms with E-state index in [-0.39, 0.29) is 30.2 Å². The molecule has 5 rings (SSSR count). The number of halogens is 1. The molecule has 2 saturated heterocycles. The molecule has 0 saturated carbocycles. The van der Waals surface area contributed by atoms with Crippen LogP contribution < -0.4 is 5.32 Å². The van der Waals surface area contributed by atoms with E-state index >= 15 is 0 Å². The fraction of sp³-hybridized carbons (Fsp3) is 0.483. The zero-order valence-corrected chi connectivity index (χ0v) is 21.9. The Morgan fingerprint density at radius 2 is 1.78 bits per heavy atom. The highest BCUT2D eigenvalue weighted by atomic mass is 19.1. The Morgan fingerprint density at radius 1 is 1.08 bits per heavy atom. The predicted molar refractivity (Wildman–Crippen MR) is 141 cm³/mol. The summed E-state index contributed by atoms with van der Waals surface area (Å²) in [6.07, 6.45) is 5.16. The number of amides is 2. The normalized spacial score (nSPS) is 22.2. The van der Waals surface area contributed by atoms with Gasteiger partial charge in [0.05, 0.1) is 18.1 Å². The molecule has 4 atom stereocenters. The van der Waals surface area contributed by atoms with Crippen molar-refractivity contribution in [3.8, 4) is 0 Å². The molecular formula is C29H36FN5O2. The van der Waals surface area contributed by atoms with E-state index < -0.39 is 0 Å². The molecule has 0 aliphatic carbocycles. The van der Waals surface area contributed by atoms with E-state index in [1.165, 1.54) is 17.9 Å². The van der Waals surface area contributed by atoms with Crippen LogP contribution in [0.25, 0.3) is 11.0 Å². The van der Waals surface area contributed by atoms with Crippen molar-refractivity contribution in [1.29, 1.82) is 0 Å². The van der Waals surface area contributed by atoms with Gasteiger partial charge < -0.3 is 14.8 Å². The number of hydrogen-bond acceptors (Lipinski definition) is 4. The number of imidazole rings is 1. The lowest BCUT2D eigenvalue weighted by atomic mass is 9.95. The number of nitrogens with one attached hydrogen (secondary N) is 1. The summed E-state index contributed by atoms with van der Waals surface area (Å²) in [5.41, 5.74) is 2.43. The van der Waals surface area contributed by atoms with Gasteiger partial charge in [0.2, 0.25) is 11.8 Å². The molecule has 0 radical (unpaired) electrons. The lowest BCUT2D eigenvalue weighted by molar-refractivity contribution is -0.133. The number of para-hydroxylation sites is 1. The number of carbonyl (C=O) groups excluding carboxylic acids is 2. The lowest BCUT2D eigenvalue weighted by Crippen LogP contribution is -2.45. The van der Waals surface area contributed by atoms with Crippen LogP contribution in [-0.2, 0) is 9.59 Å². The third-order valence-corrected chi connectivity index (χ3v) is 8.20. The average molecular weight is 506 g/mol. The molecule has 1 unspecified atom stereocenters. The first-order chi connectivity index (χ1) is 17.8. The molecule has 2 amide bonds. The molecule has 2 fully saturated rings. The second-order valence-electron chi connectivity index (χ2n) is 10.6. The molecule has 2 aromatic carbocycles. The van der Waals surface area contributed by atoms with Gasteiger partial charge in [-0.05, 0) is 56.7 Å². The summed E-state index contributed by atoms with van der Waals surface area (Å²) in [5.74, 6) is 0.334. The summed E-state index contributed by atoms with van der Waals surface area (Å²) in [6, 6.07) is 16.4. The first-order valence-electron chi connectivity index (χ1n) is 13.3. The third kappa shape index (κ3) is 5.25. The number of fused-ring (bicyclic) bond motifs is 3. The summed E-state index contributed by atoms with van der Waals surface area (Å²) in [6.45, 7) is 4.38. The van der Waals surface area contributed by atoms with Gasteiger partial charge in [0.15, 0.2) is 5.82 Å². The van der Waals surface area contributed by atoms with Crippen molar-refractivity contribution in [2.45, 2.75) is 70.1 Å². The summed E-state index contributed by atoms with van der Waals surface area (Å²) < 4.78 is 16.6. The van der Waals surface area contributed by atoms with Crippen molar-refractivity contribution >= 4 is 22.8 Å². The van der Waals surface area contributed by atoms with Gasteiger partial charge in [0.1, 0.15) is 11.3 Å². The monoisotopic (exact) mass is 505 g/mol. The number of likely N-dealkylation sites (N-methyl/N-ethyl adjacent to an activating group) is 1. The highest BCUT2D eigenvalue weighted by Crippen LogP contribution is 2.42. The van der Waals surface area contributed by atoms with Crippen LogP contribution in [0.3, 0.4) is 0 Å². The minimum atomic E-state index is -0.261. The van der Waals surface area contributed by atoms with Crippen LogP contribution in [0.5, 0.6) is 0 Å². The Labute approximate surface area is 217 Å². The largest absolute Gasteiger partial charge is 0.348 e.